The number of ether oxygens (including phenoxy) is 2. The molecular formula is C20H36N3O15P3S2. The maximum Gasteiger partial charge on any atom is 0.490 e. The van der Waals surface area contributed by atoms with Gasteiger partial charge in [-0.1, -0.05) is 34.9 Å². The highest BCUT2D eigenvalue weighted by Gasteiger charge is 2.43. The number of amides is 1. The Bertz CT molecular complexity index is 1370. The van der Waals surface area contributed by atoms with E-state index >= 15 is 0 Å². The number of carbonyl (C=O) groups is 1. The van der Waals surface area contributed by atoms with Crippen molar-refractivity contribution in [2.45, 2.75) is 76.6 Å². The lowest BCUT2D eigenvalue weighted by molar-refractivity contribution is -0.121. The van der Waals surface area contributed by atoms with E-state index < -0.39 is 59.8 Å². The number of H-pyrrole nitrogens is 1. The topological polar surface area (TPSA) is 262 Å². The fourth-order valence-electron chi connectivity index (χ4n) is 3.53. The molecule has 1 saturated heterocycles. The first-order valence-electron chi connectivity index (χ1n) is 12.7. The molecule has 248 valence electrons. The van der Waals surface area contributed by atoms with Gasteiger partial charge in [0, 0.05) is 35.9 Å². The van der Waals surface area contributed by atoms with Gasteiger partial charge < -0.3 is 34.4 Å². The van der Waals surface area contributed by atoms with E-state index in [-0.39, 0.29) is 28.6 Å². The van der Waals surface area contributed by atoms with E-state index in [1.165, 1.54) is 34.7 Å². The predicted molar refractivity (Wildman–Crippen MR) is 156 cm³/mol. The summed E-state index contributed by atoms with van der Waals surface area (Å²) in [7, 11) is -14.0. The van der Waals surface area contributed by atoms with Crippen molar-refractivity contribution < 1.29 is 60.7 Å². The number of unbranched alkanes of at least 4 members (excludes halogenated alkanes) is 1. The van der Waals surface area contributed by atoms with Gasteiger partial charge in [-0.2, -0.15) is 8.62 Å². The standard InChI is InChI=1S/C20H36N3O15P3S2/c1-5-6-7-16(24)21-11-20(3,4)43-42-12-34-14-8-17(23-9-13(2)18(25)22-19(23)26)36-15(14)10-35-40(30,31)38-41(32,33)37-39(27,28)29/h9,14-15,17H,5-8,10-12H2,1-4H3,(H,21,24)(H,30,31)(H,32,33)(H,22,25,26)(H2,27,28,29)/t14?,15-,17-/m1/s1. The van der Waals surface area contributed by atoms with Crippen molar-refractivity contribution in [1.82, 2.24) is 14.9 Å². The second-order valence-corrected chi connectivity index (χ2v) is 17.3. The quantitative estimate of drug-likeness (QED) is 0.0551. The van der Waals surface area contributed by atoms with Crippen molar-refractivity contribution in [3.8, 4) is 0 Å². The third-order valence-electron chi connectivity index (χ3n) is 5.54. The smallest absolute Gasteiger partial charge is 0.364 e. The maximum atomic E-state index is 12.4. The summed E-state index contributed by atoms with van der Waals surface area (Å²) in [6, 6.07) is 0. The van der Waals surface area contributed by atoms with Gasteiger partial charge in [0.15, 0.2) is 0 Å². The van der Waals surface area contributed by atoms with Crippen molar-refractivity contribution in [3.05, 3.63) is 32.6 Å². The number of carbonyl (C=O) groups excluding carboxylic acids is 1. The molecule has 1 aliphatic rings. The molecule has 0 aromatic carbocycles. The highest BCUT2D eigenvalue weighted by atomic mass is 33.1. The molecule has 2 rings (SSSR count). The van der Waals surface area contributed by atoms with Gasteiger partial charge in [0.1, 0.15) is 18.3 Å². The van der Waals surface area contributed by atoms with E-state index in [9.17, 15) is 37.9 Å². The first-order valence-corrected chi connectivity index (χ1v) is 19.5. The summed E-state index contributed by atoms with van der Waals surface area (Å²) in [5.41, 5.74) is -1.19. The van der Waals surface area contributed by atoms with E-state index in [1.807, 2.05) is 20.8 Å². The van der Waals surface area contributed by atoms with Crippen molar-refractivity contribution in [2.75, 3.05) is 19.1 Å². The van der Waals surface area contributed by atoms with Crippen LogP contribution in [0.15, 0.2) is 15.8 Å². The summed E-state index contributed by atoms with van der Waals surface area (Å²) in [4.78, 5) is 74.8. The van der Waals surface area contributed by atoms with Crippen LogP contribution in [-0.2, 0) is 41.1 Å². The summed E-state index contributed by atoms with van der Waals surface area (Å²) in [5, 5.41) is 2.88. The molecule has 23 heteroatoms. The fraction of sp³-hybridized carbons (Fsp3) is 0.750. The van der Waals surface area contributed by atoms with Gasteiger partial charge in [-0.25, -0.2) is 18.5 Å². The zero-order chi connectivity index (χ0) is 32.6. The Morgan fingerprint density at radius 3 is 2.49 bits per heavy atom. The number of hydrogen-bond donors (Lipinski definition) is 6. The summed E-state index contributed by atoms with van der Waals surface area (Å²) in [5.74, 6) is 0.0155. The van der Waals surface area contributed by atoms with E-state index in [2.05, 4.69) is 18.9 Å². The Balaban J connectivity index is 2.07. The molecule has 0 saturated carbocycles. The molecule has 1 aromatic rings. The molecule has 0 spiro atoms. The number of nitrogens with one attached hydrogen (secondary N) is 2. The number of aromatic nitrogens is 2. The summed E-state index contributed by atoms with van der Waals surface area (Å²) >= 11 is 0. The van der Waals surface area contributed by atoms with Crippen LogP contribution in [0, 0.1) is 6.92 Å². The third kappa shape index (κ3) is 14.0. The van der Waals surface area contributed by atoms with Crippen molar-refractivity contribution in [2.24, 2.45) is 0 Å². The van der Waals surface area contributed by atoms with Crippen molar-refractivity contribution >= 4 is 51.0 Å². The molecule has 1 aromatic heterocycles. The lowest BCUT2D eigenvalue weighted by atomic mass is 10.2. The summed E-state index contributed by atoms with van der Waals surface area (Å²) < 4.78 is 59.2. The Morgan fingerprint density at radius 2 is 1.86 bits per heavy atom. The SMILES string of the molecule is CCCCC(=O)NCC(C)(C)SSCOC1C[C@H](n2cc(C)c(=O)[nH]c2=O)O[C@@H]1COP(=O)(O)OP(=O)(O)OP(=O)(O)O. The van der Waals surface area contributed by atoms with Crippen LogP contribution in [0.5, 0.6) is 0 Å². The number of phosphoric ester groups is 1. The second-order valence-electron chi connectivity index (χ2n) is 9.89. The number of hydrogen-bond acceptors (Lipinski definition) is 13. The minimum atomic E-state index is -5.73. The van der Waals surface area contributed by atoms with E-state index in [0.29, 0.717) is 13.0 Å². The number of aryl methyl sites for hydroxylation is 1. The summed E-state index contributed by atoms with van der Waals surface area (Å²) in [6.45, 7) is 6.92. The molecule has 5 atom stereocenters. The van der Waals surface area contributed by atoms with Crippen LogP contribution in [0.1, 0.15) is 58.2 Å². The zero-order valence-corrected chi connectivity index (χ0v) is 28.0. The van der Waals surface area contributed by atoms with Crippen LogP contribution in [0.25, 0.3) is 0 Å². The first kappa shape index (κ1) is 38.4. The predicted octanol–water partition coefficient (Wildman–Crippen LogP) is 2.28. The number of phosphoric acid groups is 3. The van der Waals surface area contributed by atoms with Gasteiger partial charge >= 0.3 is 29.2 Å². The molecule has 3 unspecified atom stereocenters. The first-order chi connectivity index (χ1) is 19.7. The molecule has 6 N–H and O–H groups in total. The van der Waals surface area contributed by atoms with Gasteiger partial charge in [0.25, 0.3) is 5.56 Å². The molecule has 43 heavy (non-hydrogen) atoms. The van der Waals surface area contributed by atoms with Gasteiger partial charge in [0.05, 0.1) is 12.7 Å². The molecule has 2 heterocycles. The summed E-state index contributed by atoms with van der Waals surface area (Å²) in [6.07, 6.45) is 0.356. The van der Waals surface area contributed by atoms with Gasteiger partial charge in [-0.3, -0.25) is 23.7 Å². The Kier molecular flexibility index (Phi) is 14.4. The van der Waals surface area contributed by atoms with Gasteiger partial charge in [0.2, 0.25) is 5.91 Å². The second kappa shape index (κ2) is 16.1. The maximum absolute atomic E-state index is 12.4. The molecule has 1 aliphatic heterocycles. The molecule has 0 aliphatic carbocycles. The highest BCUT2D eigenvalue weighted by molar-refractivity contribution is 8.77. The van der Waals surface area contributed by atoms with Crippen LogP contribution < -0.4 is 16.6 Å². The Morgan fingerprint density at radius 1 is 1.19 bits per heavy atom. The van der Waals surface area contributed by atoms with Crippen molar-refractivity contribution in [3.63, 3.8) is 0 Å². The van der Waals surface area contributed by atoms with E-state index in [1.54, 1.807) is 0 Å². The van der Waals surface area contributed by atoms with E-state index in [0.717, 1.165) is 17.4 Å². The van der Waals surface area contributed by atoms with Crippen LogP contribution in [-0.4, -0.2) is 71.1 Å². The molecule has 0 radical (unpaired) electrons. The zero-order valence-electron chi connectivity index (χ0n) is 23.6. The average Bonchev–Trinajstić information content (AvgIpc) is 3.25. The third-order valence-corrected chi connectivity index (χ3v) is 12.3. The van der Waals surface area contributed by atoms with E-state index in [4.69, 9.17) is 23.8 Å². The Labute approximate surface area is 254 Å². The lowest BCUT2D eigenvalue weighted by Crippen LogP contribution is -2.35. The molecule has 18 nitrogen and oxygen atoms in total. The van der Waals surface area contributed by atoms with Crippen LogP contribution in [0.2, 0.25) is 0 Å². The average molecular weight is 716 g/mol. The lowest BCUT2D eigenvalue weighted by Gasteiger charge is -2.24. The molecular weight excluding hydrogens is 679 g/mol. The van der Waals surface area contributed by atoms with Crippen LogP contribution in [0.3, 0.4) is 0 Å². The van der Waals surface area contributed by atoms with Gasteiger partial charge in [-0.05, 0) is 27.2 Å². The highest BCUT2D eigenvalue weighted by Crippen LogP contribution is 2.66. The number of rotatable bonds is 18. The number of aromatic amines is 1. The minimum absolute atomic E-state index is 0.0118. The van der Waals surface area contributed by atoms with Gasteiger partial charge in [-0.15, -0.1) is 0 Å². The van der Waals surface area contributed by atoms with Crippen molar-refractivity contribution in [1.29, 1.82) is 0 Å². The molecule has 0 bridgehead atoms. The van der Waals surface area contributed by atoms with Crippen LogP contribution >= 0.6 is 45.1 Å². The number of nitrogens with zero attached hydrogens (tertiary/aromatic N) is 1. The molecule has 1 fully saturated rings. The largest absolute Gasteiger partial charge is 0.490 e. The fourth-order valence-corrected chi connectivity index (χ4v) is 8.74. The Hall–Kier alpha value is -0.820. The normalized spacial score (nSPS) is 22.2. The van der Waals surface area contributed by atoms with Crippen LogP contribution in [0.4, 0.5) is 0 Å². The molecule has 1 amide bonds. The monoisotopic (exact) mass is 715 g/mol. The minimum Gasteiger partial charge on any atom is -0.364 e.